The molecule has 1 aromatic heterocycles. The van der Waals surface area contributed by atoms with Crippen LogP contribution < -0.4 is 10.2 Å². The minimum atomic E-state index is -0.119. The molecule has 0 fully saturated rings. The van der Waals surface area contributed by atoms with Gasteiger partial charge in [0.1, 0.15) is 0 Å². The van der Waals surface area contributed by atoms with Crippen LogP contribution in [0, 0.1) is 0 Å². The van der Waals surface area contributed by atoms with Crippen LogP contribution in [-0.4, -0.2) is 10.6 Å². The summed E-state index contributed by atoms with van der Waals surface area (Å²) in [5.74, 6) is 0. The quantitative estimate of drug-likeness (QED) is 0.721. The fraction of sp³-hybridized carbons (Fsp3) is 0.0556. The van der Waals surface area contributed by atoms with Crippen LogP contribution >= 0.6 is 0 Å². The minimum absolute atomic E-state index is 0.119. The van der Waals surface area contributed by atoms with Crippen LogP contribution in [0.1, 0.15) is 5.69 Å². The van der Waals surface area contributed by atoms with E-state index in [-0.39, 0.29) is 6.03 Å². The van der Waals surface area contributed by atoms with E-state index in [1.54, 1.807) is 4.90 Å². The number of anilines is 2. The van der Waals surface area contributed by atoms with Crippen molar-refractivity contribution in [2.75, 3.05) is 10.2 Å². The molecule has 2 heterocycles. The molecule has 0 saturated heterocycles. The highest BCUT2D eigenvalue weighted by Gasteiger charge is 2.25. The van der Waals surface area contributed by atoms with Crippen LogP contribution in [0.2, 0.25) is 0 Å². The van der Waals surface area contributed by atoms with Crippen LogP contribution in [0.4, 0.5) is 16.2 Å². The SMILES string of the molecule is O=C(Nc1ccccc1)N1Cc2cccn2-c2ccccc21. The number of aromatic nitrogens is 1. The molecule has 0 atom stereocenters. The second-order valence-corrected chi connectivity index (χ2v) is 5.24. The molecule has 0 saturated carbocycles. The molecule has 1 N–H and O–H groups in total. The second kappa shape index (κ2) is 5.07. The molecule has 4 rings (SSSR count). The molecule has 0 aliphatic carbocycles. The van der Waals surface area contributed by atoms with Crippen LogP contribution in [0.25, 0.3) is 5.69 Å². The summed E-state index contributed by atoms with van der Waals surface area (Å²) in [5.41, 5.74) is 3.84. The highest BCUT2D eigenvalue weighted by atomic mass is 16.2. The monoisotopic (exact) mass is 289 g/mol. The molecule has 108 valence electrons. The molecule has 0 radical (unpaired) electrons. The van der Waals surface area contributed by atoms with E-state index in [4.69, 9.17) is 0 Å². The number of nitrogens with zero attached hydrogens (tertiary/aromatic N) is 2. The Morgan fingerprint density at radius 1 is 0.864 bits per heavy atom. The normalized spacial score (nSPS) is 12.5. The molecular formula is C18H15N3O. The number of rotatable bonds is 1. The number of para-hydroxylation sites is 3. The van der Waals surface area contributed by atoms with Crippen molar-refractivity contribution in [1.82, 2.24) is 4.57 Å². The number of nitrogens with one attached hydrogen (secondary N) is 1. The van der Waals surface area contributed by atoms with Crippen molar-refractivity contribution in [3.8, 4) is 5.69 Å². The Labute approximate surface area is 128 Å². The molecule has 4 nitrogen and oxygen atoms in total. The minimum Gasteiger partial charge on any atom is -0.317 e. The fourth-order valence-corrected chi connectivity index (χ4v) is 2.82. The van der Waals surface area contributed by atoms with Crippen molar-refractivity contribution < 1.29 is 4.79 Å². The second-order valence-electron chi connectivity index (χ2n) is 5.24. The van der Waals surface area contributed by atoms with Gasteiger partial charge in [0.2, 0.25) is 0 Å². The van der Waals surface area contributed by atoms with Crippen LogP contribution in [-0.2, 0) is 6.54 Å². The number of hydrogen-bond donors (Lipinski definition) is 1. The van der Waals surface area contributed by atoms with Crippen molar-refractivity contribution in [2.24, 2.45) is 0 Å². The average Bonchev–Trinajstić information content (AvgIpc) is 3.04. The van der Waals surface area contributed by atoms with Crippen LogP contribution in [0.5, 0.6) is 0 Å². The molecule has 0 unspecified atom stereocenters. The Balaban J connectivity index is 1.70. The van der Waals surface area contributed by atoms with Gasteiger partial charge in [0, 0.05) is 17.6 Å². The van der Waals surface area contributed by atoms with Gasteiger partial charge in [-0.05, 0) is 36.4 Å². The van der Waals surface area contributed by atoms with Crippen molar-refractivity contribution >= 4 is 17.4 Å². The zero-order chi connectivity index (χ0) is 14.9. The largest absolute Gasteiger partial charge is 0.326 e. The van der Waals surface area contributed by atoms with Crippen molar-refractivity contribution in [1.29, 1.82) is 0 Å². The highest BCUT2D eigenvalue weighted by molar-refractivity contribution is 6.03. The van der Waals surface area contributed by atoms with Gasteiger partial charge in [-0.15, -0.1) is 0 Å². The summed E-state index contributed by atoms with van der Waals surface area (Å²) < 4.78 is 2.13. The smallest absolute Gasteiger partial charge is 0.317 e. The van der Waals surface area contributed by atoms with Gasteiger partial charge in [-0.25, -0.2) is 4.79 Å². The van der Waals surface area contributed by atoms with E-state index in [2.05, 4.69) is 9.88 Å². The Morgan fingerprint density at radius 2 is 1.59 bits per heavy atom. The van der Waals surface area contributed by atoms with Gasteiger partial charge in [-0.2, -0.15) is 0 Å². The van der Waals surface area contributed by atoms with E-state index in [0.717, 1.165) is 22.8 Å². The maximum Gasteiger partial charge on any atom is 0.326 e. The van der Waals surface area contributed by atoms with Gasteiger partial charge in [-0.1, -0.05) is 30.3 Å². The van der Waals surface area contributed by atoms with Gasteiger partial charge < -0.3 is 9.88 Å². The number of benzene rings is 2. The number of fused-ring (bicyclic) bond motifs is 3. The molecule has 0 spiro atoms. The lowest BCUT2D eigenvalue weighted by atomic mass is 10.2. The third-order valence-corrected chi connectivity index (χ3v) is 3.86. The topological polar surface area (TPSA) is 37.3 Å². The third kappa shape index (κ3) is 2.05. The summed E-state index contributed by atoms with van der Waals surface area (Å²) >= 11 is 0. The lowest BCUT2D eigenvalue weighted by Crippen LogP contribution is -2.38. The zero-order valence-corrected chi connectivity index (χ0v) is 11.9. The Morgan fingerprint density at radius 3 is 2.41 bits per heavy atom. The van der Waals surface area contributed by atoms with E-state index in [1.807, 2.05) is 72.9 Å². The summed E-state index contributed by atoms with van der Waals surface area (Å²) in [4.78, 5) is 14.4. The molecule has 1 aliphatic heterocycles. The van der Waals surface area contributed by atoms with Gasteiger partial charge in [0.15, 0.2) is 0 Å². The lowest BCUT2D eigenvalue weighted by Gasteiger charge is -2.31. The summed E-state index contributed by atoms with van der Waals surface area (Å²) in [5, 5.41) is 2.95. The molecule has 2 amide bonds. The van der Waals surface area contributed by atoms with Gasteiger partial charge >= 0.3 is 6.03 Å². The van der Waals surface area contributed by atoms with Crippen molar-refractivity contribution in [2.45, 2.75) is 6.54 Å². The van der Waals surface area contributed by atoms with Crippen molar-refractivity contribution in [3.63, 3.8) is 0 Å². The van der Waals surface area contributed by atoms with E-state index in [0.29, 0.717) is 6.54 Å². The molecule has 22 heavy (non-hydrogen) atoms. The van der Waals surface area contributed by atoms with E-state index in [1.165, 1.54) is 0 Å². The molecule has 0 bridgehead atoms. The maximum absolute atomic E-state index is 12.7. The summed E-state index contributed by atoms with van der Waals surface area (Å²) in [6, 6.07) is 21.4. The van der Waals surface area contributed by atoms with E-state index < -0.39 is 0 Å². The first-order valence-corrected chi connectivity index (χ1v) is 7.22. The van der Waals surface area contributed by atoms with Gasteiger partial charge in [-0.3, -0.25) is 4.90 Å². The predicted molar refractivity (Wildman–Crippen MR) is 87.4 cm³/mol. The summed E-state index contributed by atoms with van der Waals surface area (Å²) in [6.07, 6.45) is 2.03. The predicted octanol–water partition coefficient (Wildman–Crippen LogP) is 4.03. The lowest BCUT2D eigenvalue weighted by molar-refractivity contribution is 0.256. The Kier molecular flexibility index (Phi) is 2.93. The number of amides is 2. The maximum atomic E-state index is 12.7. The van der Waals surface area contributed by atoms with Gasteiger partial charge in [0.05, 0.1) is 17.9 Å². The standard InChI is InChI=1S/C18H15N3O/c22-18(19-14-7-2-1-3-8-14)21-13-15-9-6-12-20(15)16-10-4-5-11-17(16)21/h1-12H,13H2,(H,19,22). The fourth-order valence-electron chi connectivity index (χ4n) is 2.82. The van der Waals surface area contributed by atoms with E-state index >= 15 is 0 Å². The molecule has 4 heteroatoms. The van der Waals surface area contributed by atoms with Crippen molar-refractivity contribution in [3.05, 3.63) is 78.6 Å². The number of carbonyl (C=O) groups is 1. The highest BCUT2D eigenvalue weighted by Crippen LogP contribution is 2.32. The van der Waals surface area contributed by atoms with Gasteiger partial charge in [0.25, 0.3) is 0 Å². The summed E-state index contributed by atoms with van der Waals surface area (Å²) in [6.45, 7) is 0.558. The van der Waals surface area contributed by atoms with Crippen LogP contribution in [0.15, 0.2) is 72.9 Å². The molecular weight excluding hydrogens is 274 g/mol. The Hall–Kier alpha value is -3.01. The van der Waals surface area contributed by atoms with Crippen LogP contribution in [0.3, 0.4) is 0 Å². The first-order chi connectivity index (χ1) is 10.8. The molecule has 3 aromatic rings. The number of carbonyl (C=O) groups excluding carboxylic acids is 1. The zero-order valence-electron chi connectivity index (χ0n) is 11.9. The summed E-state index contributed by atoms with van der Waals surface area (Å²) in [7, 11) is 0. The molecule has 1 aliphatic rings. The first-order valence-electron chi connectivity index (χ1n) is 7.22. The van der Waals surface area contributed by atoms with E-state index in [9.17, 15) is 4.79 Å². The third-order valence-electron chi connectivity index (χ3n) is 3.86. The first kappa shape index (κ1) is 12.7. The Bertz CT molecular complexity index is 823. The number of urea groups is 1. The average molecular weight is 289 g/mol. The number of hydrogen-bond acceptors (Lipinski definition) is 1. The molecule has 2 aromatic carbocycles.